The minimum Gasteiger partial charge on any atom is -0.332 e. The zero-order valence-electron chi connectivity index (χ0n) is 15.5. The molecule has 8 heteroatoms. The zero-order chi connectivity index (χ0) is 19.3. The van der Waals surface area contributed by atoms with Crippen LogP contribution in [0.5, 0.6) is 0 Å². The SMILES string of the molecule is O=[N+]([O-])c1cccc(NC(=S)Nc2ccn(C34CC5CC(CC(C5)C3)C4)n2)c1. The van der Waals surface area contributed by atoms with Gasteiger partial charge in [0.1, 0.15) is 0 Å². The number of benzene rings is 1. The van der Waals surface area contributed by atoms with Gasteiger partial charge in [0, 0.05) is 30.1 Å². The van der Waals surface area contributed by atoms with Gasteiger partial charge in [-0.05, 0) is 74.6 Å². The molecule has 0 atom stereocenters. The third-order valence-electron chi connectivity index (χ3n) is 6.64. The molecule has 4 aliphatic rings. The Kier molecular flexibility index (Phi) is 4.12. The molecule has 28 heavy (non-hydrogen) atoms. The highest BCUT2D eigenvalue weighted by Gasteiger charge is 2.52. The van der Waals surface area contributed by atoms with Crippen LogP contribution in [0.1, 0.15) is 38.5 Å². The monoisotopic (exact) mass is 397 g/mol. The van der Waals surface area contributed by atoms with Gasteiger partial charge in [0.05, 0.1) is 10.5 Å². The number of non-ortho nitro benzene ring substituents is 1. The van der Waals surface area contributed by atoms with Gasteiger partial charge in [-0.3, -0.25) is 14.8 Å². The van der Waals surface area contributed by atoms with Gasteiger partial charge in [0.25, 0.3) is 5.69 Å². The molecule has 0 radical (unpaired) electrons. The molecule has 0 spiro atoms. The lowest BCUT2D eigenvalue weighted by molar-refractivity contribution is -0.384. The minimum atomic E-state index is -0.422. The number of hydrogen-bond donors (Lipinski definition) is 2. The van der Waals surface area contributed by atoms with Crippen molar-refractivity contribution in [2.24, 2.45) is 17.8 Å². The van der Waals surface area contributed by atoms with Crippen molar-refractivity contribution < 1.29 is 4.92 Å². The molecule has 0 unspecified atom stereocenters. The molecule has 7 nitrogen and oxygen atoms in total. The Bertz CT molecular complexity index is 905. The van der Waals surface area contributed by atoms with E-state index in [1.165, 1.54) is 50.7 Å². The van der Waals surface area contributed by atoms with Crippen LogP contribution in [0, 0.1) is 27.9 Å². The summed E-state index contributed by atoms with van der Waals surface area (Å²) in [5, 5.41) is 22.2. The normalized spacial score (nSPS) is 30.2. The first-order chi connectivity index (χ1) is 13.5. The van der Waals surface area contributed by atoms with Crippen molar-refractivity contribution in [3.63, 3.8) is 0 Å². The predicted octanol–water partition coefficient (Wildman–Crippen LogP) is 4.53. The molecule has 6 rings (SSSR count). The number of nitro groups is 1. The van der Waals surface area contributed by atoms with Crippen molar-refractivity contribution in [3.05, 3.63) is 46.6 Å². The molecular formula is C20H23N5O2S. The maximum atomic E-state index is 10.9. The van der Waals surface area contributed by atoms with E-state index in [9.17, 15) is 10.1 Å². The number of hydrogen-bond acceptors (Lipinski definition) is 4. The Balaban J connectivity index is 1.27. The van der Waals surface area contributed by atoms with E-state index >= 15 is 0 Å². The Labute approximate surface area is 168 Å². The Morgan fingerprint density at radius 2 is 1.82 bits per heavy atom. The average Bonchev–Trinajstić information content (AvgIpc) is 3.10. The number of rotatable bonds is 4. The van der Waals surface area contributed by atoms with Crippen molar-refractivity contribution in [1.29, 1.82) is 0 Å². The second-order valence-corrected chi connectivity index (χ2v) is 9.08. The largest absolute Gasteiger partial charge is 0.332 e. The van der Waals surface area contributed by atoms with Gasteiger partial charge in [-0.15, -0.1) is 0 Å². The average molecular weight is 398 g/mol. The van der Waals surface area contributed by atoms with E-state index in [0.29, 0.717) is 16.6 Å². The first-order valence-corrected chi connectivity index (χ1v) is 10.3. The van der Waals surface area contributed by atoms with Crippen LogP contribution >= 0.6 is 12.2 Å². The molecule has 1 aromatic heterocycles. The highest BCUT2D eigenvalue weighted by molar-refractivity contribution is 7.80. The molecule has 4 aliphatic carbocycles. The van der Waals surface area contributed by atoms with Gasteiger partial charge < -0.3 is 10.6 Å². The molecule has 0 saturated heterocycles. The van der Waals surface area contributed by atoms with Crippen molar-refractivity contribution in [2.75, 3.05) is 10.6 Å². The van der Waals surface area contributed by atoms with E-state index < -0.39 is 4.92 Å². The quantitative estimate of drug-likeness (QED) is 0.448. The van der Waals surface area contributed by atoms with Gasteiger partial charge in [-0.2, -0.15) is 5.10 Å². The second kappa shape index (κ2) is 6.55. The van der Waals surface area contributed by atoms with Crippen LogP contribution in [0.4, 0.5) is 17.2 Å². The minimum absolute atomic E-state index is 0.0268. The summed E-state index contributed by atoms with van der Waals surface area (Å²) in [7, 11) is 0. The van der Waals surface area contributed by atoms with E-state index in [0.717, 1.165) is 17.8 Å². The molecule has 2 N–H and O–H groups in total. The maximum Gasteiger partial charge on any atom is 0.271 e. The Hall–Kier alpha value is -2.48. The lowest BCUT2D eigenvalue weighted by atomic mass is 9.53. The van der Waals surface area contributed by atoms with Gasteiger partial charge in [-0.25, -0.2) is 0 Å². The first-order valence-electron chi connectivity index (χ1n) is 9.88. The first kappa shape index (κ1) is 17.6. The van der Waals surface area contributed by atoms with Gasteiger partial charge in [0.2, 0.25) is 0 Å². The molecule has 1 aromatic carbocycles. The Morgan fingerprint density at radius 1 is 1.14 bits per heavy atom. The summed E-state index contributed by atoms with van der Waals surface area (Å²) in [6, 6.07) is 8.25. The molecule has 146 valence electrons. The number of nitro benzene ring substituents is 1. The zero-order valence-corrected chi connectivity index (χ0v) is 16.3. The smallest absolute Gasteiger partial charge is 0.271 e. The lowest BCUT2D eigenvalue weighted by Crippen LogP contribution is -2.52. The van der Waals surface area contributed by atoms with Crippen LogP contribution in [0.3, 0.4) is 0 Å². The van der Waals surface area contributed by atoms with Crippen molar-refractivity contribution in [1.82, 2.24) is 9.78 Å². The molecular weight excluding hydrogens is 374 g/mol. The van der Waals surface area contributed by atoms with E-state index in [4.69, 9.17) is 17.3 Å². The van der Waals surface area contributed by atoms with Crippen molar-refractivity contribution in [2.45, 2.75) is 44.1 Å². The summed E-state index contributed by atoms with van der Waals surface area (Å²) < 4.78 is 2.18. The summed E-state index contributed by atoms with van der Waals surface area (Å²) in [5.74, 6) is 3.30. The van der Waals surface area contributed by atoms with E-state index in [2.05, 4.69) is 21.5 Å². The molecule has 2 aromatic rings. The van der Waals surface area contributed by atoms with Crippen molar-refractivity contribution >= 4 is 34.5 Å². The van der Waals surface area contributed by atoms with Crippen LogP contribution in [-0.2, 0) is 5.54 Å². The van der Waals surface area contributed by atoms with Gasteiger partial charge in [-0.1, -0.05) is 6.07 Å². The van der Waals surface area contributed by atoms with E-state index in [1.807, 2.05) is 6.07 Å². The standard InChI is InChI=1S/C20H23N5O2S/c26-25(27)17-3-1-2-16(9-17)21-19(28)22-18-4-5-24(23-18)20-10-13-6-14(11-20)8-15(7-13)12-20/h1-5,9,13-15H,6-8,10-12H2,(H2,21,22,23,28). The van der Waals surface area contributed by atoms with Gasteiger partial charge >= 0.3 is 0 Å². The van der Waals surface area contributed by atoms with E-state index in [1.54, 1.807) is 12.1 Å². The molecule has 1 heterocycles. The van der Waals surface area contributed by atoms with Crippen LogP contribution in [0.2, 0.25) is 0 Å². The van der Waals surface area contributed by atoms with Crippen LogP contribution < -0.4 is 10.6 Å². The molecule has 4 bridgehead atoms. The molecule has 0 aliphatic heterocycles. The van der Waals surface area contributed by atoms with Crippen LogP contribution in [-0.4, -0.2) is 19.8 Å². The Morgan fingerprint density at radius 3 is 2.46 bits per heavy atom. The second-order valence-electron chi connectivity index (χ2n) is 8.67. The molecule has 4 fully saturated rings. The predicted molar refractivity (Wildman–Crippen MR) is 111 cm³/mol. The third-order valence-corrected chi connectivity index (χ3v) is 6.84. The fourth-order valence-corrected chi connectivity index (χ4v) is 6.20. The third kappa shape index (κ3) is 3.15. The molecule has 0 amide bonds. The molecule has 4 saturated carbocycles. The van der Waals surface area contributed by atoms with Crippen LogP contribution in [0.25, 0.3) is 0 Å². The lowest BCUT2D eigenvalue weighted by Gasteiger charge is -2.56. The number of aromatic nitrogens is 2. The van der Waals surface area contributed by atoms with E-state index in [-0.39, 0.29) is 11.2 Å². The van der Waals surface area contributed by atoms with Crippen molar-refractivity contribution in [3.8, 4) is 0 Å². The summed E-state index contributed by atoms with van der Waals surface area (Å²) in [6.07, 6.45) is 10.0. The number of anilines is 2. The summed E-state index contributed by atoms with van der Waals surface area (Å²) >= 11 is 5.36. The van der Waals surface area contributed by atoms with Crippen LogP contribution in [0.15, 0.2) is 36.5 Å². The number of nitrogens with zero attached hydrogens (tertiary/aromatic N) is 3. The number of thiocarbonyl (C=S) groups is 1. The highest BCUT2D eigenvalue weighted by Crippen LogP contribution is 2.58. The summed E-state index contributed by atoms with van der Waals surface area (Å²) in [4.78, 5) is 10.5. The maximum absolute atomic E-state index is 10.9. The topological polar surface area (TPSA) is 85.0 Å². The van der Waals surface area contributed by atoms with Gasteiger partial charge in [0.15, 0.2) is 10.9 Å². The fourth-order valence-electron chi connectivity index (χ4n) is 5.98. The summed E-state index contributed by atoms with van der Waals surface area (Å²) in [5.41, 5.74) is 0.787. The number of nitrogens with one attached hydrogen (secondary N) is 2. The summed E-state index contributed by atoms with van der Waals surface area (Å²) in [6.45, 7) is 0. The highest BCUT2D eigenvalue weighted by atomic mass is 32.1. The fraction of sp³-hybridized carbons (Fsp3) is 0.500.